The van der Waals surface area contributed by atoms with Gasteiger partial charge in [-0.15, -0.1) is 10.2 Å². The lowest BCUT2D eigenvalue weighted by atomic mass is 10.2. The highest BCUT2D eigenvalue weighted by atomic mass is 35.5. The first-order valence-electron chi connectivity index (χ1n) is 9.40. The summed E-state index contributed by atoms with van der Waals surface area (Å²) in [5, 5.41) is 12.9. The van der Waals surface area contributed by atoms with Crippen LogP contribution in [0.4, 0.5) is 5.69 Å². The van der Waals surface area contributed by atoms with Crippen molar-refractivity contribution in [1.29, 1.82) is 0 Å². The van der Waals surface area contributed by atoms with E-state index in [0.29, 0.717) is 22.5 Å². The number of benzene rings is 3. The second-order valence-corrected chi connectivity index (χ2v) is 7.91. The summed E-state index contributed by atoms with van der Waals surface area (Å²) in [6.45, 7) is 0.580. The fourth-order valence-corrected chi connectivity index (χ4v) is 3.95. The van der Waals surface area contributed by atoms with E-state index in [1.54, 1.807) is 0 Å². The summed E-state index contributed by atoms with van der Waals surface area (Å²) in [4.78, 5) is 12.4. The molecule has 3 aromatic carbocycles. The average molecular weight is 435 g/mol. The van der Waals surface area contributed by atoms with E-state index in [2.05, 4.69) is 15.5 Å². The van der Waals surface area contributed by atoms with Crippen LogP contribution >= 0.6 is 23.4 Å². The molecule has 1 amide bonds. The Labute approximate surface area is 184 Å². The molecular formula is C23H19ClN4OS. The van der Waals surface area contributed by atoms with Gasteiger partial charge in [-0.25, -0.2) is 0 Å². The number of hydrogen-bond donors (Lipinski definition) is 1. The van der Waals surface area contributed by atoms with Crippen molar-refractivity contribution in [3.8, 4) is 11.4 Å². The van der Waals surface area contributed by atoms with Gasteiger partial charge >= 0.3 is 0 Å². The highest BCUT2D eigenvalue weighted by Crippen LogP contribution is 2.30. The molecule has 0 saturated carbocycles. The number of carbonyl (C=O) groups excluding carboxylic acids is 1. The molecule has 0 spiro atoms. The van der Waals surface area contributed by atoms with Gasteiger partial charge in [0.2, 0.25) is 5.91 Å². The summed E-state index contributed by atoms with van der Waals surface area (Å²) in [5.74, 6) is 0.805. The smallest absolute Gasteiger partial charge is 0.234 e. The normalized spacial score (nSPS) is 10.7. The molecule has 0 aliphatic rings. The van der Waals surface area contributed by atoms with Gasteiger partial charge in [-0.2, -0.15) is 0 Å². The van der Waals surface area contributed by atoms with Gasteiger partial charge in [0, 0.05) is 11.3 Å². The largest absolute Gasteiger partial charge is 0.325 e. The minimum absolute atomic E-state index is 0.0974. The van der Waals surface area contributed by atoms with Crippen LogP contribution in [0.5, 0.6) is 0 Å². The third-order valence-electron chi connectivity index (χ3n) is 4.41. The fraction of sp³-hybridized carbons (Fsp3) is 0.0870. The molecule has 0 fully saturated rings. The van der Waals surface area contributed by atoms with E-state index in [-0.39, 0.29) is 11.7 Å². The minimum atomic E-state index is -0.0974. The summed E-state index contributed by atoms with van der Waals surface area (Å²) < 4.78 is 2.00. The zero-order chi connectivity index (χ0) is 20.8. The lowest BCUT2D eigenvalue weighted by Crippen LogP contribution is -2.14. The number of hydrogen-bond acceptors (Lipinski definition) is 4. The van der Waals surface area contributed by atoms with Crippen molar-refractivity contribution in [3.05, 3.63) is 95.5 Å². The molecule has 150 valence electrons. The molecule has 0 radical (unpaired) electrons. The Hall–Kier alpha value is -3.09. The van der Waals surface area contributed by atoms with Crippen LogP contribution < -0.4 is 5.32 Å². The Kier molecular flexibility index (Phi) is 6.47. The molecule has 5 nitrogen and oxygen atoms in total. The number of para-hydroxylation sites is 1. The van der Waals surface area contributed by atoms with Gasteiger partial charge in [0.15, 0.2) is 11.0 Å². The molecule has 0 aliphatic heterocycles. The van der Waals surface area contributed by atoms with Crippen LogP contribution in [-0.2, 0) is 11.3 Å². The molecule has 1 N–H and O–H groups in total. The first-order valence-corrected chi connectivity index (χ1v) is 10.8. The van der Waals surface area contributed by atoms with Gasteiger partial charge < -0.3 is 5.32 Å². The van der Waals surface area contributed by atoms with Crippen molar-refractivity contribution in [1.82, 2.24) is 14.8 Å². The van der Waals surface area contributed by atoms with Gasteiger partial charge in [-0.1, -0.05) is 84.0 Å². The highest BCUT2D eigenvalue weighted by molar-refractivity contribution is 7.99. The van der Waals surface area contributed by atoms with Crippen molar-refractivity contribution >= 4 is 35.0 Å². The van der Waals surface area contributed by atoms with Crippen LogP contribution in [0, 0.1) is 0 Å². The second-order valence-electron chi connectivity index (χ2n) is 6.56. The van der Waals surface area contributed by atoms with E-state index in [1.165, 1.54) is 11.8 Å². The van der Waals surface area contributed by atoms with Gasteiger partial charge in [-0.05, 0) is 29.8 Å². The number of halogens is 1. The monoisotopic (exact) mass is 434 g/mol. The summed E-state index contributed by atoms with van der Waals surface area (Å²) in [5.41, 5.74) is 2.69. The van der Waals surface area contributed by atoms with Crippen LogP contribution in [0.1, 0.15) is 5.56 Å². The number of nitrogens with zero attached hydrogens (tertiary/aromatic N) is 3. The number of anilines is 1. The molecule has 0 unspecified atom stereocenters. The van der Waals surface area contributed by atoms with E-state index in [1.807, 2.05) is 89.5 Å². The maximum absolute atomic E-state index is 12.4. The number of amides is 1. The lowest BCUT2D eigenvalue weighted by molar-refractivity contribution is -0.113. The maximum Gasteiger partial charge on any atom is 0.234 e. The van der Waals surface area contributed by atoms with E-state index in [9.17, 15) is 4.79 Å². The molecule has 1 heterocycles. The topological polar surface area (TPSA) is 59.8 Å². The third-order valence-corrected chi connectivity index (χ3v) is 5.70. The molecule has 30 heavy (non-hydrogen) atoms. The molecule has 1 aromatic heterocycles. The molecule has 7 heteroatoms. The predicted molar refractivity (Wildman–Crippen MR) is 122 cm³/mol. The van der Waals surface area contributed by atoms with Crippen molar-refractivity contribution in [2.75, 3.05) is 11.1 Å². The van der Waals surface area contributed by atoms with Crippen molar-refractivity contribution in [2.45, 2.75) is 11.7 Å². The number of rotatable bonds is 7. The number of nitrogens with one attached hydrogen (secondary N) is 1. The predicted octanol–water partition coefficient (Wildman–Crippen LogP) is 5.38. The molecule has 0 atom stereocenters. The standard InChI is InChI=1S/C23H19ClN4OS/c24-20-14-8-7-13-19(20)22-26-27-23(28(22)15-17-9-3-1-4-10-17)30-16-21(29)25-18-11-5-2-6-12-18/h1-14H,15-16H2,(H,25,29). The molecule has 0 aliphatic carbocycles. The Morgan fingerprint density at radius 2 is 1.57 bits per heavy atom. The number of thioether (sulfide) groups is 1. The van der Waals surface area contributed by atoms with Crippen molar-refractivity contribution in [3.63, 3.8) is 0 Å². The van der Waals surface area contributed by atoms with Crippen molar-refractivity contribution in [2.24, 2.45) is 0 Å². The third kappa shape index (κ3) is 4.90. The maximum atomic E-state index is 12.4. The van der Waals surface area contributed by atoms with Gasteiger partial charge in [0.1, 0.15) is 0 Å². The van der Waals surface area contributed by atoms with Crippen LogP contribution in [0.2, 0.25) is 5.02 Å². The van der Waals surface area contributed by atoms with Crippen LogP contribution in [0.25, 0.3) is 11.4 Å². The minimum Gasteiger partial charge on any atom is -0.325 e. The van der Waals surface area contributed by atoms with E-state index in [0.717, 1.165) is 16.8 Å². The van der Waals surface area contributed by atoms with Gasteiger partial charge in [0.05, 0.1) is 17.3 Å². The molecule has 4 aromatic rings. The SMILES string of the molecule is O=C(CSc1nnc(-c2ccccc2Cl)n1Cc1ccccc1)Nc1ccccc1. The zero-order valence-electron chi connectivity index (χ0n) is 16.0. The van der Waals surface area contributed by atoms with Gasteiger partial charge in [-0.3, -0.25) is 9.36 Å². The number of carbonyl (C=O) groups is 1. The van der Waals surface area contributed by atoms with E-state index in [4.69, 9.17) is 11.6 Å². The Balaban J connectivity index is 1.58. The number of aromatic nitrogens is 3. The quantitative estimate of drug-likeness (QED) is 0.397. The van der Waals surface area contributed by atoms with Crippen molar-refractivity contribution < 1.29 is 4.79 Å². The van der Waals surface area contributed by atoms with Crippen LogP contribution in [0.3, 0.4) is 0 Å². The first-order chi connectivity index (χ1) is 14.7. The zero-order valence-corrected chi connectivity index (χ0v) is 17.6. The summed E-state index contributed by atoms with van der Waals surface area (Å²) >= 11 is 7.76. The second kappa shape index (κ2) is 9.61. The summed E-state index contributed by atoms with van der Waals surface area (Å²) in [7, 11) is 0. The summed E-state index contributed by atoms with van der Waals surface area (Å²) in [6.07, 6.45) is 0. The molecule has 4 rings (SSSR count). The Morgan fingerprint density at radius 1 is 0.900 bits per heavy atom. The Morgan fingerprint density at radius 3 is 2.30 bits per heavy atom. The first kappa shape index (κ1) is 20.2. The van der Waals surface area contributed by atoms with E-state index < -0.39 is 0 Å². The molecule has 0 bridgehead atoms. The molecule has 0 saturated heterocycles. The lowest BCUT2D eigenvalue weighted by Gasteiger charge is -2.11. The van der Waals surface area contributed by atoms with E-state index >= 15 is 0 Å². The Bertz CT molecular complexity index is 1130. The molecular weight excluding hydrogens is 416 g/mol. The van der Waals surface area contributed by atoms with Crippen LogP contribution in [-0.4, -0.2) is 26.4 Å². The van der Waals surface area contributed by atoms with Crippen LogP contribution in [0.15, 0.2) is 90.1 Å². The highest BCUT2D eigenvalue weighted by Gasteiger charge is 2.18. The van der Waals surface area contributed by atoms with Gasteiger partial charge in [0.25, 0.3) is 0 Å². The average Bonchev–Trinajstić information content (AvgIpc) is 3.16. The fourth-order valence-electron chi connectivity index (χ4n) is 2.99. The summed E-state index contributed by atoms with van der Waals surface area (Å²) in [6, 6.07) is 27.0.